The maximum absolute atomic E-state index is 10.7. The molecule has 5 rings (SSSR count). The van der Waals surface area contributed by atoms with Crippen LogP contribution in [0.25, 0.3) is 10.9 Å². The molecule has 7 heteroatoms. The Morgan fingerprint density at radius 3 is 2.73 bits per heavy atom. The van der Waals surface area contributed by atoms with Crippen LogP contribution in [0.4, 0.5) is 5.82 Å². The zero-order valence-corrected chi connectivity index (χ0v) is 16.9. The Morgan fingerprint density at radius 1 is 1.07 bits per heavy atom. The summed E-state index contributed by atoms with van der Waals surface area (Å²) in [6.07, 6.45) is 4.83. The number of anilines is 1. The van der Waals surface area contributed by atoms with Gasteiger partial charge in [-0.3, -0.25) is 4.90 Å². The number of carbonyl (C=O) groups excluding carboxylic acids is 1. The molecular weight excluding hydrogens is 378 g/mol. The number of pyridine rings is 1. The molecule has 0 N–H and O–H groups in total. The van der Waals surface area contributed by atoms with E-state index in [0.717, 1.165) is 67.6 Å². The third-order valence-electron chi connectivity index (χ3n) is 6.11. The Hall–Kier alpha value is -3.06. The summed E-state index contributed by atoms with van der Waals surface area (Å²) < 4.78 is 6.24. The first-order valence-electron chi connectivity index (χ1n) is 10.5. The summed E-state index contributed by atoms with van der Waals surface area (Å²) in [5.74, 6) is 2.04. The van der Waals surface area contributed by atoms with Crippen LogP contribution in [0.15, 0.2) is 48.7 Å². The lowest BCUT2D eigenvalue weighted by molar-refractivity contribution is -0.109. The van der Waals surface area contributed by atoms with Crippen LogP contribution in [0.1, 0.15) is 24.3 Å². The fraction of sp³-hybridized carbons (Fsp3) is 0.391. The molecule has 0 spiro atoms. The van der Waals surface area contributed by atoms with Gasteiger partial charge in [0, 0.05) is 10.9 Å². The second kappa shape index (κ2) is 8.36. The van der Waals surface area contributed by atoms with Gasteiger partial charge in [0.1, 0.15) is 18.2 Å². The summed E-state index contributed by atoms with van der Waals surface area (Å²) in [4.78, 5) is 19.9. The number of para-hydroxylation sites is 1. The van der Waals surface area contributed by atoms with Crippen molar-refractivity contribution in [1.82, 2.24) is 20.1 Å². The van der Waals surface area contributed by atoms with Crippen molar-refractivity contribution in [2.75, 3.05) is 37.6 Å². The molecule has 4 heterocycles. The Bertz CT molecular complexity index is 1030. The molecule has 0 atom stereocenters. The molecule has 0 saturated carbocycles. The van der Waals surface area contributed by atoms with E-state index in [1.54, 1.807) is 6.20 Å². The number of hydrogen-bond donors (Lipinski definition) is 0. The van der Waals surface area contributed by atoms with Crippen LogP contribution in [0.3, 0.4) is 0 Å². The zero-order valence-electron chi connectivity index (χ0n) is 16.9. The molecule has 0 bridgehead atoms. The second-order valence-corrected chi connectivity index (χ2v) is 8.04. The summed E-state index contributed by atoms with van der Waals surface area (Å²) in [6.45, 7) is 3.95. The minimum absolute atomic E-state index is 0.0869. The van der Waals surface area contributed by atoms with Gasteiger partial charge < -0.3 is 14.4 Å². The smallest absolute Gasteiger partial charge is 0.237 e. The third kappa shape index (κ3) is 3.85. The number of fused-ring (bicyclic) bond motifs is 1. The number of rotatable bonds is 6. The molecule has 1 aromatic carbocycles. The maximum atomic E-state index is 10.7. The first-order valence-corrected chi connectivity index (χ1v) is 10.5. The van der Waals surface area contributed by atoms with Crippen molar-refractivity contribution < 1.29 is 9.53 Å². The van der Waals surface area contributed by atoms with Crippen LogP contribution in [-0.4, -0.2) is 65.2 Å². The average Bonchev–Trinajstić information content (AvgIpc) is 2.77. The number of aromatic nitrogens is 3. The number of likely N-dealkylation sites (tertiary alicyclic amines) is 1. The number of ether oxygens (including phenoxy) is 1. The van der Waals surface area contributed by atoms with Gasteiger partial charge in [-0.2, -0.15) is 5.10 Å². The molecule has 2 saturated heterocycles. The van der Waals surface area contributed by atoms with Crippen molar-refractivity contribution in [3.05, 3.63) is 54.2 Å². The van der Waals surface area contributed by atoms with Crippen molar-refractivity contribution in [3.8, 4) is 5.88 Å². The summed E-state index contributed by atoms with van der Waals surface area (Å²) in [5.41, 5.74) is 2.15. The lowest BCUT2D eigenvalue weighted by atomic mass is 9.90. The van der Waals surface area contributed by atoms with Crippen molar-refractivity contribution in [1.29, 1.82) is 0 Å². The molecule has 2 fully saturated rings. The number of aldehydes is 1. The molecule has 2 aliphatic heterocycles. The van der Waals surface area contributed by atoms with Gasteiger partial charge in [-0.15, -0.1) is 5.10 Å². The highest BCUT2D eigenvalue weighted by atomic mass is 16.5. The molecule has 30 heavy (non-hydrogen) atoms. The maximum Gasteiger partial charge on any atom is 0.237 e. The summed E-state index contributed by atoms with van der Waals surface area (Å²) in [5, 5.41) is 9.49. The lowest BCUT2D eigenvalue weighted by Crippen LogP contribution is -2.54. The molecule has 0 unspecified atom stereocenters. The topological polar surface area (TPSA) is 71.5 Å². The molecule has 3 aromatic rings. The van der Waals surface area contributed by atoms with Crippen LogP contribution in [0.2, 0.25) is 0 Å². The van der Waals surface area contributed by atoms with Gasteiger partial charge in [0.25, 0.3) is 0 Å². The highest BCUT2D eigenvalue weighted by Crippen LogP contribution is 2.34. The molecule has 0 amide bonds. The Kier molecular flexibility index (Phi) is 5.27. The first kappa shape index (κ1) is 18.9. The van der Waals surface area contributed by atoms with Crippen LogP contribution in [-0.2, 0) is 4.79 Å². The van der Waals surface area contributed by atoms with E-state index in [2.05, 4.69) is 38.2 Å². The summed E-state index contributed by atoms with van der Waals surface area (Å²) >= 11 is 0. The molecule has 2 aliphatic rings. The van der Waals surface area contributed by atoms with Gasteiger partial charge in [-0.05, 0) is 56.1 Å². The lowest BCUT2D eigenvalue weighted by Gasteiger charge is -2.40. The van der Waals surface area contributed by atoms with E-state index in [9.17, 15) is 4.79 Å². The highest BCUT2D eigenvalue weighted by Gasteiger charge is 2.32. The van der Waals surface area contributed by atoms with E-state index in [0.29, 0.717) is 18.3 Å². The monoisotopic (exact) mass is 403 g/mol. The van der Waals surface area contributed by atoms with Crippen LogP contribution < -0.4 is 9.64 Å². The zero-order chi connectivity index (χ0) is 20.3. The fourth-order valence-electron chi connectivity index (χ4n) is 4.35. The Labute approximate surface area is 175 Å². The number of benzene rings is 1. The quantitative estimate of drug-likeness (QED) is 0.586. The van der Waals surface area contributed by atoms with Gasteiger partial charge in [0.15, 0.2) is 0 Å². The molecule has 2 aromatic heterocycles. The minimum atomic E-state index is 0.0869. The van der Waals surface area contributed by atoms with E-state index in [1.165, 1.54) is 0 Å². The van der Waals surface area contributed by atoms with E-state index in [-0.39, 0.29) is 6.10 Å². The Morgan fingerprint density at radius 2 is 1.90 bits per heavy atom. The Balaban J connectivity index is 1.22. The normalized spacial score (nSPS) is 18.3. The average molecular weight is 403 g/mol. The molecule has 7 nitrogen and oxygen atoms in total. The number of carbonyl (C=O) groups is 1. The van der Waals surface area contributed by atoms with Gasteiger partial charge in [-0.25, -0.2) is 4.98 Å². The van der Waals surface area contributed by atoms with Crippen LogP contribution in [0, 0.1) is 0 Å². The standard InChI is InChI=1S/C23H25N5O2/c29-14-13-27-11-8-17(9-12-27)20-7-10-24-26-23(20)30-19-15-28(16-19)22-6-5-18-3-1-2-4-21(18)25-22/h1-7,10,14,17,19H,8-9,11-13,15-16H2. The van der Waals surface area contributed by atoms with E-state index in [4.69, 9.17) is 9.72 Å². The molecule has 0 aliphatic carbocycles. The SMILES string of the molecule is O=CCN1CCC(c2ccnnc2OC2CN(c3ccc4ccccc4n3)C2)CC1. The fourth-order valence-corrected chi connectivity index (χ4v) is 4.35. The van der Waals surface area contributed by atoms with Gasteiger partial charge in [0.05, 0.1) is 31.3 Å². The number of nitrogens with zero attached hydrogens (tertiary/aromatic N) is 5. The largest absolute Gasteiger partial charge is 0.469 e. The predicted molar refractivity (Wildman–Crippen MR) is 115 cm³/mol. The predicted octanol–water partition coefficient (Wildman–Crippen LogP) is 2.67. The van der Waals surface area contributed by atoms with Gasteiger partial charge in [0.2, 0.25) is 5.88 Å². The van der Waals surface area contributed by atoms with E-state index in [1.807, 2.05) is 24.3 Å². The molecule has 154 valence electrons. The van der Waals surface area contributed by atoms with E-state index < -0.39 is 0 Å². The molecule has 0 radical (unpaired) electrons. The number of piperidine rings is 1. The van der Waals surface area contributed by atoms with Crippen molar-refractivity contribution in [2.24, 2.45) is 0 Å². The second-order valence-electron chi connectivity index (χ2n) is 8.04. The minimum Gasteiger partial charge on any atom is -0.469 e. The third-order valence-corrected chi connectivity index (χ3v) is 6.11. The molecular formula is C23H25N5O2. The van der Waals surface area contributed by atoms with Gasteiger partial charge >= 0.3 is 0 Å². The van der Waals surface area contributed by atoms with Crippen molar-refractivity contribution in [2.45, 2.75) is 24.9 Å². The van der Waals surface area contributed by atoms with Crippen molar-refractivity contribution >= 4 is 23.0 Å². The first-order chi connectivity index (χ1) is 14.8. The summed E-state index contributed by atoms with van der Waals surface area (Å²) in [6, 6.07) is 14.4. The van der Waals surface area contributed by atoms with E-state index >= 15 is 0 Å². The van der Waals surface area contributed by atoms with Gasteiger partial charge in [-0.1, -0.05) is 18.2 Å². The number of hydrogen-bond acceptors (Lipinski definition) is 7. The van der Waals surface area contributed by atoms with Crippen molar-refractivity contribution in [3.63, 3.8) is 0 Å². The van der Waals surface area contributed by atoms with Crippen LogP contribution >= 0.6 is 0 Å². The highest BCUT2D eigenvalue weighted by molar-refractivity contribution is 5.80. The summed E-state index contributed by atoms with van der Waals surface area (Å²) in [7, 11) is 0. The van der Waals surface area contributed by atoms with Crippen LogP contribution in [0.5, 0.6) is 5.88 Å².